The Bertz CT molecular complexity index is 640. The molecule has 7 heteroatoms. The van der Waals surface area contributed by atoms with Crippen LogP contribution in [0.3, 0.4) is 0 Å². The minimum atomic E-state index is 0. The molecule has 2 saturated heterocycles. The molecule has 1 aromatic rings. The molecule has 3 rings (SSSR count). The fourth-order valence-corrected chi connectivity index (χ4v) is 4.53. The number of nitrogens with zero attached hydrogens (tertiary/aromatic N) is 4. The molecular formula is C23H41IN6. The summed E-state index contributed by atoms with van der Waals surface area (Å²) in [5, 5.41) is 7.24. The highest BCUT2D eigenvalue weighted by Gasteiger charge is 2.23. The first-order valence-corrected chi connectivity index (χ1v) is 11.4. The van der Waals surface area contributed by atoms with E-state index in [0.29, 0.717) is 6.04 Å². The number of aliphatic imine (C=N–C) groups is 1. The van der Waals surface area contributed by atoms with Crippen molar-refractivity contribution in [3.8, 4) is 0 Å². The van der Waals surface area contributed by atoms with Crippen LogP contribution in [-0.4, -0.2) is 68.2 Å². The van der Waals surface area contributed by atoms with Crippen LogP contribution in [0.25, 0.3) is 0 Å². The summed E-state index contributed by atoms with van der Waals surface area (Å²) in [7, 11) is 1.88. The highest BCUT2D eigenvalue weighted by atomic mass is 127. The summed E-state index contributed by atoms with van der Waals surface area (Å²) in [5.41, 5.74) is 1.21. The van der Waals surface area contributed by atoms with Gasteiger partial charge in [0.25, 0.3) is 0 Å². The molecule has 0 spiro atoms. The number of rotatable bonds is 6. The number of anilines is 1. The molecule has 6 nitrogen and oxygen atoms in total. The molecule has 2 aliphatic rings. The number of piperidine rings is 2. The topological polar surface area (TPSA) is 55.8 Å². The third-order valence-corrected chi connectivity index (χ3v) is 6.06. The van der Waals surface area contributed by atoms with E-state index in [4.69, 9.17) is 0 Å². The second kappa shape index (κ2) is 12.7. The molecule has 3 heterocycles. The van der Waals surface area contributed by atoms with Crippen LogP contribution in [0.4, 0.5) is 5.82 Å². The Hall–Kier alpha value is -1.09. The molecule has 2 fully saturated rings. The van der Waals surface area contributed by atoms with Gasteiger partial charge in [0.1, 0.15) is 5.82 Å². The molecule has 1 atom stereocenters. The number of aryl methyl sites for hydroxylation is 1. The van der Waals surface area contributed by atoms with E-state index in [2.05, 4.69) is 63.3 Å². The zero-order valence-corrected chi connectivity index (χ0v) is 21.6. The molecule has 2 N–H and O–H groups in total. The van der Waals surface area contributed by atoms with Gasteiger partial charge in [0.15, 0.2) is 5.96 Å². The van der Waals surface area contributed by atoms with Crippen molar-refractivity contribution in [2.24, 2.45) is 16.8 Å². The van der Waals surface area contributed by atoms with Gasteiger partial charge in [0.2, 0.25) is 0 Å². The smallest absolute Gasteiger partial charge is 0.191 e. The summed E-state index contributed by atoms with van der Waals surface area (Å²) in [4.78, 5) is 14.1. The van der Waals surface area contributed by atoms with Gasteiger partial charge in [-0.25, -0.2) is 4.98 Å². The predicted molar refractivity (Wildman–Crippen MR) is 138 cm³/mol. The normalized spacial score (nSPS) is 21.4. The van der Waals surface area contributed by atoms with Gasteiger partial charge < -0.3 is 20.4 Å². The van der Waals surface area contributed by atoms with Gasteiger partial charge in [-0.05, 0) is 62.6 Å². The van der Waals surface area contributed by atoms with Crippen LogP contribution in [0, 0.1) is 18.8 Å². The number of pyridine rings is 1. The maximum absolute atomic E-state index is 4.57. The fraction of sp³-hybridized carbons (Fsp3) is 0.739. The summed E-state index contributed by atoms with van der Waals surface area (Å²) in [5.74, 6) is 3.52. The van der Waals surface area contributed by atoms with Crippen molar-refractivity contribution in [2.75, 3.05) is 51.2 Å². The molecule has 0 radical (unpaired) electrons. The lowest BCUT2D eigenvalue weighted by atomic mass is 9.97. The van der Waals surface area contributed by atoms with Crippen LogP contribution in [0.5, 0.6) is 0 Å². The molecule has 1 unspecified atom stereocenters. The SMILES string of the molecule is CN=C(NCC1CCCN(CC(C)C)C1)NC1CCN(c2ccc(C)cn2)CC1.I. The number of nitrogens with one attached hydrogen (secondary N) is 2. The van der Waals surface area contributed by atoms with Gasteiger partial charge in [0, 0.05) is 52.0 Å². The Kier molecular flexibility index (Phi) is 10.6. The van der Waals surface area contributed by atoms with E-state index >= 15 is 0 Å². The minimum absolute atomic E-state index is 0. The van der Waals surface area contributed by atoms with E-state index in [0.717, 1.165) is 56.1 Å². The summed E-state index contributed by atoms with van der Waals surface area (Å²) in [6.45, 7) is 13.5. The second-order valence-electron chi connectivity index (χ2n) is 9.21. The van der Waals surface area contributed by atoms with Crippen LogP contribution < -0.4 is 15.5 Å². The zero-order valence-electron chi connectivity index (χ0n) is 19.2. The Morgan fingerprint density at radius 3 is 2.60 bits per heavy atom. The third-order valence-electron chi connectivity index (χ3n) is 6.06. The zero-order chi connectivity index (χ0) is 20.6. The maximum Gasteiger partial charge on any atom is 0.191 e. The number of halogens is 1. The number of hydrogen-bond donors (Lipinski definition) is 2. The van der Waals surface area contributed by atoms with Crippen molar-refractivity contribution in [1.29, 1.82) is 0 Å². The Morgan fingerprint density at radius 2 is 1.97 bits per heavy atom. The Morgan fingerprint density at radius 1 is 1.20 bits per heavy atom. The van der Waals surface area contributed by atoms with Crippen LogP contribution >= 0.6 is 24.0 Å². The Labute approximate surface area is 200 Å². The van der Waals surface area contributed by atoms with E-state index in [-0.39, 0.29) is 24.0 Å². The van der Waals surface area contributed by atoms with Crippen molar-refractivity contribution in [3.05, 3.63) is 23.9 Å². The monoisotopic (exact) mass is 528 g/mol. The summed E-state index contributed by atoms with van der Waals surface area (Å²) in [6, 6.07) is 4.76. The number of guanidine groups is 1. The van der Waals surface area contributed by atoms with Crippen LogP contribution in [0.2, 0.25) is 0 Å². The van der Waals surface area contributed by atoms with E-state index in [1.807, 2.05) is 13.2 Å². The van der Waals surface area contributed by atoms with Crippen molar-refractivity contribution < 1.29 is 0 Å². The van der Waals surface area contributed by atoms with Crippen LogP contribution in [-0.2, 0) is 0 Å². The highest BCUT2D eigenvalue weighted by molar-refractivity contribution is 14.0. The molecule has 1 aromatic heterocycles. The van der Waals surface area contributed by atoms with E-state index in [9.17, 15) is 0 Å². The average Bonchev–Trinajstić information content (AvgIpc) is 2.72. The first kappa shape index (κ1) is 25.2. The molecule has 0 amide bonds. The van der Waals surface area contributed by atoms with Gasteiger partial charge in [-0.2, -0.15) is 0 Å². The minimum Gasteiger partial charge on any atom is -0.356 e. The van der Waals surface area contributed by atoms with Gasteiger partial charge in [0.05, 0.1) is 0 Å². The standard InChI is InChI=1S/C23H40N6.HI/c1-18(2)16-28-11-5-6-20(17-28)15-26-23(24-4)27-21-9-12-29(13-10-21)22-8-7-19(3)14-25-22;/h7-8,14,18,20-21H,5-6,9-13,15-17H2,1-4H3,(H2,24,26,27);1H. The lowest BCUT2D eigenvalue weighted by Gasteiger charge is -2.35. The van der Waals surface area contributed by atoms with Crippen molar-refractivity contribution in [2.45, 2.75) is 52.5 Å². The van der Waals surface area contributed by atoms with Crippen LogP contribution in [0.1, 0.15) is 45.1 Å². The largest absolute Gasteiger partial charge is 0.356 e. The van der Waals surface area contributed by atoms with E-state index < -0.39 is 0 Å². The molecular weight excluding hydrogens is 487 g/mol. The molecule has 0 saturated carbocycles. The molecule has 0 bridgehead atoms. The predicted octanol–water partition coefficient (Wildman–Crippen LogP) is 3.51. The highest BCUT2D eigenvalue weighted by Crippen LogP contribution is 2.19. The van der Waals surface area contributed by atoms with E-state index in [1.54, 1.807) is 0 Å². The summed E-state index contributed by atoms with van der Waals surface area (Å²) < 4.78 is 0. The lowest BCUT2D eigenvalue weighted by Crippen LogP contribution is -2.50. The van der Waals surface area contributed by atoms with Gasteiger partial charge in [-0.1, -0.05) is 19.9 Å². The second-order valence-corrected chi connectivity index (χ2v) is 9.21. The third kappa shape index (κ3) is 7.87. The quantitative estimate of drug-likeness (QED) is 0.336. The number of likely N-dealkylation sites (tertiary alicyclic amines) is 1. The van der Waals surface area contributed by atoms with Crippen LogP contribution in [0.15, 0.2) is 23.3 Å². The number of aromatic nitrogens is 1. The van der Waals surface area contributed by atoms with Crippen molar-refractivity contribution >= 4 is 35.8 Å². The van der Waals surface area contributed by atoms with Gasteiger partial charge in [-0.15, -0.1) is 24.0 Å². The van der Waals surface area contributed by atoms with Crippen molar-refractivity contribution in [3.63, 3.8) is 0 Å². The molecule has 0 aliphatic carbocycles. The molecule has 0 aromatic carbocycles. The molecule has 170 valence electrons. The summed E-state index contributed by atoms with van der Waals surface area (Å²) >= 11 is 0. The first-order valence-electron chi connectivity index (χ1n) is 11.4. The van der Waals surface area contributed by atoms with Gasteiger partial charge in [-0.3, -0.25) is 4.99 Å². The Balaban J connectivity index is 0.00000320. The van der Waals surface area contributed by atoms with Gasteiger partial charge >= 0.3 is 0 Å². The lowest BCUT2D eigenvalue weighted by molar-refractivity contribution is 0.159. The summed E-state index contributed by atoms with van der Waals surface area (Å²) in [6.07, 6.45) is 6.82. The number of hydrogen-bond acceptors (Lipinski definition) is 4. The molecule has 2 aliphatic heterocycles. The first-order chi connectivity index (χ1) is 14.0. The molecule has 30 heavy (non-hydrogen) atoms. The fourth-order valence-electron chi connectivity index (χ4n) is 4.53. The maximum atomic E-state index is 4.57. The average molecular weight is 529 g/mol. The van der Waals surface area contributed by atoms with E-state index in [1.165, 1.54) is 38.0 Å². The van der Waals surface area contributed by atoms with Crippen molar-refractivity contribution in [1.82, 2.24) is 20.5 Å².